The Labute approximate surface area is 157 Å². The summed E-state index contributed by atoms with van der Waals surface area (Å²) in [7, 11) is 0. The minimum Gasteiger partial charge on any atom is -0.356 e. The maximum atomic E-state index is 12.9. The van der Waals surface area contributed by atoms with Gasteiger partial charge in [-0.2, -0.15) is 0 Å². The molecule has 3 heterocycles. The Morgan fingerprint density at radius 2 is 1.92 bits per heavy atom. The van der Waals surface area contributed by atoms with Crippen LogP contribution in [0.5, 0.6) is 0 Å². The monoisotopic (exact) mass is 365 g/mol. The summed E-state index contributed by atoms with van der Waals surface area (Å²) in [5, 5.41) is 4.09. The van der Waals surface area contributed by atoms with Gasteiger partial charge in [0, 0.05) is 28.2 Å². The van der Waals surface area contributed by atoms with Crippen molar-refractivity contribution in [3.05, 3.63) is 57.8 Å². The number of para-hydroxylation sites is 1. The highest BCUT2D eigenvalue weighted by Crippen LogP contribution is 2.27. The summed E-state index contributed by atoms with van der Waals surface area (Å²) < 4.78 is 0. The molecule has 4 nitrogen and oxygen atoms in total. The fourth-order valence-corrected chi connectivity index (χ4v) is 4.31. The van der Waals surface area contributed by atoms with E-state index in [-0.39, 0.29) is 5.91 Å². The molecule has 0 atom stereocenters. The Morgan fingerprint density at radius 1 is 1.15 bits per heavy atom. The Morgan fingerprint density at radius 3 is 2.69 bits per heavy atom. The lowest BCUT2D eigenvalue weighted by Gasteiger charge is -2.20. The van der Waals surface area contributed by atoms with Crippen LogP contribution in [0.3, 0.4) is 0 Å². The SMILES string of the molecule is CCc1ccc(CNC(=O)c2cc3ccccc3nc2N2CCCC2)s1. The van der Waals surface area contributed by atoms with E-state index in [9.17, 15) is 4.79 Å². The average molecular weight is 366 g/mol. The number of amides is 1. The number of thiophene rings is 1. The third-order valence-electron chi connectivity index (χ3n) is 4.84. The Bertz CT molecular complexity index is 928. The van der Waals surface area contributed by atoms with Gasteiger partial charge in [-0.05, 0) is 43.5 Å². The summed E-state index contributed by atoms with van der Waals surface area (Å²) in [4.78, 5) is 22.5. The van der Waals surface area contributed by atoms with Gasteiger partial charge in [-0.25, -0.2) is 4.98 Å². The van der Waals surface area contributed by atoms with Crippen molar-refractivity contribution in [2.45, 2.75) is 32.7 Å². The summed E-state index contributed by atoms with van der Waals surface area (Å²) in [6.07, 6.45) is 3.35. The summed E-state index contributed by atoms with van der Waals surface area (Å²) in [5.74, 6) is 0.774. The van der Waals surface area contributed by atoms with Gasteiger partial charge in [0.15, 0.2) is 0 Å². The first kappa shape index (κ1) is 17.0. The Balaban J connectivity index is 1.62. The maximum absolute atomic E-state index is 12.9. The van der Waals surface area contributed by atoms with E-state index >= 15 is 0 Å². The molecule has 1 saturated heterocycles. The predicted octanol–water partition coefficient (Wildman–Crippen LogP) is 4.39. The van der Waals surface area contributed by atoms with E-state index in [0.717, 1.165) is 49.1 Å². The molecular weight excluding hydrogens is 342 g/mol. The van der Waals surface area contributed by atoms with Gasteiger partial charge in [0.1, 0.15) is 5.82 Å². The average Bonchev–Trinajstić information content (AvgIpc) is 3.36. The van der Waals surface area contributed by atoms with E-state index in [1.54, 1.807) is 11.3 Å². The van der Waals surface area contributed by atoms with E-state index in [0.29, 0.717) is 12.1 Å². The summed E-state index contributed by atoms with van der Waals surface area (Å²) >= 11 is 1.76. The van der Waals surface area contributed by atoms with E-state index in [2.05, 4.69) is 29.3 Å². The van der Waals surface area contributed by atoms with Crippen LogP contribution in [0.25, 0.3) is 10.9 Å². The standard InChI is InChI=1S/C21H23N3OS/c1-2-16-9-10-17(26-16)14-22-21(25)18-13-15-7-3-4-8-19(15)23-20(18)24-11-5-6-12-24/h3-4,7-10,13H,2,5-6,11-12,14H2,1H3,(H,22,25). The molecule has 134 valence electrons. The summed E-state index contributed by atoms with van der Waals surface area (Å²) in [5.41, 5.74) is 1.62. The van der Waals surface area contributed by atoms with E-state index < -0.39 is 0 Å². The molecule has 1 N–H and O–H groups in total. The van der Waals surface area contributed by atoms with Crippen molar-refractivity contribution in [2.24, 2.45) is 0 Å². The predicted molar refractivity (Wildman–Crippen MR) is 108 cm³/mol. The third kappa shape index (κ3) is 3.44. The molecule has 0 saturated carbocycles. The Kier molecular flexibility index (Phi) is 4.89. The number of hydrogen-bond donors (Lipinski definition) is 1. The van der Waals surface area contributed by atoms with Crippen molar-refractivity contribution in [1.82, 2.24) is 10.3 Å². The van der Waals surface area contributed by atoms with Crippen molar-refractivity contribution in [3.63, 3.8) is 0 Å². The second-order valence-corrected chi connectivity index (χ2v) is 7.90. The fraction of sp³-hybridized carbons (Fsp3) is 0.333. The maximum Gasteiger partial charge on any atom is 0.255 e. The van der Waals surface area contributed by atoms with Crippen LogP contribution in [-0.2, 0) is 13.0 Å². The zero-order valence-corrected chi connectivity index (χ0v) is 15.8. The molecule has 0 aliphatic carbocycles. The van der Waals surface area contributed by atoms with Gasteiger partial charge in [-0.1, -0.05) is 25.1 Å². The van der Waals surface area contributed by atoms with Crippen molar-refractivity contribution in [1.29, 1.82) is 0 Å². The third-order valence-corrected chi connectivity index (χ3v) is 6.07. The number of carbonyl (C=O) groups is 1. The normalized spacial score (nSPS) is 14.1. The number of nitrogens with zero attached hydrogens (tertiary/aromatic N) is 2. The molecule has 1 aliphatic rings. The van der Waals surface area contributed by atoms with E-state index in [1.807, 2.05) is 30.3 Å². The van der Waals surface area contributed by atoms with E-state index in [1.165, 1.54) is 9.75 Å². The van der Waals surface area contributed by atoms with Gasteiger partial charge in [0.05, 0.1) is 17.6 Å². The van der Waals surface area contributed by atoms with Crippen molar-refractivity contribution < 1.29 is 4.79 Å². The summed E-state index contributed by atoms with van der Waals surface area (Å²) in [6, 6.07) is 14.2. The molecule has 3 aromatic rings. The van der Waals surface area contributed by atoms with Gasteiger partial charge >= 0.3 is 0 Å². The number of aryl methyl sites for hydroxylation is 1. The number of aromatic nitrogens is 1. The molecule has 1 aliphatic heterocycles. The van der Waals surface area contributed by atoms with E-state index in [4.69, 9.17) is 4.98 Å². The van der Waals surface area contributed by atoms with Crippen LogP contribution in [0, 0.1) is 0 Å². The smallest absolute Gasteiger partial charge is 0.255 e. The van der Waals surface area contributed by atoms with Crippen LogP contribution in [0.4, 0.5) is 5.82 Å². The lowest BCUT2D eigenvalue weighted by molar-refractivity contribution is 0.0951. The molecule has 26 heavy (non-hydrogen) atoms. The Hall–Kier alpha value is -2.40. The highest BCUT2D eigenvalue weighted by Gasteiger charge is 2.22. The van der Waals surface area contributed by atoms with Gasteiger partial charge in [-0.3, -0.25) is 4.79 Å². The number of benzene rings is 1. The van der Waals surface area contributed by atoms with Crippen LogP contribution in [-0.4, -0.2) is 24.0 Å². The first-order chi connectivity index (χ1) is 12.7. The highest BCUT2D eigenvalue weighted by molar-refractivity contribution is 7.11. The molecule has 0 spiro atoms. The van der Waals surface area contributed by atoms with Crippen molar-refractivity contribution >= 4 is 34.0 Å². The molecule has 1 amide bonds. The minimum absolute atomic E-state index is 0.0448. The lowest BCUT2D eigenvalue weighted by Crippen LogP contribution is -2.28. The number of fused-ring (bicyclic) bond motifs is 1. The van der Waals surface area contributed by atoms with Gasteiger partial charge in [-0.15, -0.1) is 11.3 Å². The van der Waals surface area contributed by atoms with Crippen molar-refractivity contribution in [2.75, 3.05) is 18.0 Å². The van der Waals surface area contributed by atoms with Crippen LogP contribution in [0.2, 0.25) is 0 Å². The molecule has 0 bridgehead atoms. The molecule has 5 heteroatoms. The quantitative estimate of drug-likeness (QED) is 0.729. The van der Waals surface area contributed by atoms with Crippen molar-refractivity contribution in [3.8, 4) is 0 Å². The second-order valence-electron chi connectivity index (χ2n) is 6.65. The van der Waals surface area contributed by atoms with Crippen LogP contribution in [0.15, 0.2) is 42.5 Å². The fourth-order valence-electron chi connectivity index (χ4n) is 3.41. The van der Waals surface area contributed by atoms with Crippen LogP contribution in [0.1, 0.15) is 39.9 Å². The molecule has 2 aromatic heterocycles. The molecule has 1 aromatic carbocycles. The first-order valence-electron chi connectivity index (χ1n) is 9.25. The van der Waals surface area contributed by atoms with Gasteiger partial charge in [0.2, 0.25) is 0 Å². The number of rotatable bonds is 5. The van der Waals surface area contributed by atoms with Gasteiger partial charge in [0.25, 0.3) is 5.91 Å². The highest BCUT2D eigenvalue weighted by atomic mass is 32.1. The summed E-state index contributed by atoms with van der Waals surface area (Å²) in [6.45, 7) is 4.65. The molecule has 4 rings (SSSR count). The largest absolute Gasteiger partial charge is 0.356 e. The lowest BCUT2D eigenvalue weighted by atomic mass is 10.1. The van der Waals surface area contributed by atoms with Crippen LogP contribution >= 0.6 is 11.3 Å². The van der Waals surface area contributed by atoms with Crippen LogP contribution < -0.4 is 10.2 Å². The molecular formula is C21H23N3OS. The zero-order valence-electron chi connectivity index (χ0n) is 15.0. The topological polar surface area (TPSA) is 45.2 Å². The number of hydrogen-bond acceptors (Lipinski definition) is 4. The van der Waals surface area contributed by atoms with Gasteiger partial charge < -0.3 is 10.2 Å². The number of nitrogens with one attached hydrogen (secondary N) is 1. The molecule has 0 unspecified atom stereocenters. The minimum atomic E-state index is -0.0448. The zero-order chi connectivity index (χ0) is 17.9. The number of pyridine rings is 1. The first-order valence-corrected chi connectivity index (χ1v) is 10.1. The number of anilines is 1. The molecule has 0 radical (unpaired) electrons. The second kappa shape index (κ2) is 7.46. The number of carbonyl (C=O) groups excluding carboxylic acids is 1. The molecule has 1 fully saturated rings.